The van der Waals surface area contributed by atoms with Gasteiger partial charge in [-0.1, -0.05) is 48.5 Å². The topological polar surface area (TPSA) is 156 Å². The zero-order valence-corrected chi connectivity index (χ0v) is 28.1. The van der Waals surface area contributed by atoms with E-state index >= 15 is 0 Å². The summed E-state index contributed by atoms with van der Waals surface area (Å²) in [5.74, 6) is -0.718. The molecule has 3 rings (SSSR count). The van der Waals surface area contributed by atoms with Gasteiger partial charge in [-0.3, -0.25) is 4.99 Å². The van der Waals surface area contributed by atoms with Gasteiger partial charge < -0.3 is 58.5 Å². The molecule has 1 amide bonds. The minimum atomic E-state index is -0.929. The van der Waals surface area contributed by atoms with Crippen LogP contribution in [-0.4, -0.2) is 72.8 Å². The first kappa shape index (κ1) is 38.8. The Morgan fingerprint density at radius 1 is 1.10 bits per heavy atom. The predicted molar refractivity (Wildman–Crippen MR) is 137 cm³/mol. The number of esters is 2. The van der Waals surface area contributed by atoms with Crippen molar-refractivity contribution in [3.05, 3.63) is 0 Å². The zero-order valence-electron chi connectivity index (χ0n) is 25.9. The first-order valence-corrected chi connectivity index (χ1v) is 13.0. The molecule has 3 aliphatic rings. The third-order valence-corrected chi connectivity index (χ3v) is 7.59. The van der Waals surface area contributed by atoms with Gasteiger partial charge >= 0.3 is 36.9 Å². The van der Waals surface area contributed by atoms with Gasteiger partial charge in [0.25, 0.3) is 0 Å². The molecule has 40 heavy (non-hydrogen) atoms. The minimum absolute atomic E-state index is 0. The third-order valence-electron chi connectivity index (χ3n) is 7.59. The number of aliphatic hydroxyl groups is 1. The second-order valence-corrected chi connectivity index (χ2v) is 13.4. The van der Waals surface area contributed by atoms with E-state index in [-0.39, 0.29) is 84.0 Å². The summed E-state index contributed by atoms with van der Waals surface area (Å²) in [4.78, 5) is 39.1. The smallest absolute Gasteiger partial charge is 1.00 e. The van der Waals surface area contributed by atoms with Crippen molar-refractivity contribution in [1.82, 2.24) is 5.32 Å². The quantitative estimate of drug-likeness (QED) is 0.0742. The van der Waals surface area contributed by atoms with E-state index in [1.807, 2.05) is 13.8 Å². The van der Waals surface area contributed by atoms with Crippen molar-refractivity contribution in [2.24, 2.45) is 39.5 Å². The van der Waals surface area contributed by atoms with E-state index in [1.54, 1.807) is 41.5 Å². The number of carbonyl (C=O) groups excluding carboxylic acids is 3. The largest absolute Gasteiger partial charge is 1.00 e. The normalized spacial score (nSPS) is 28.4. The Morgan fingerprint density at radius 2 is 1.62 bits per heavy atom. The van der Waals surface area contributed by atoms with E-state index in [0.717, 1.165) is 0 Å². The molecular weight excluding hydrogens is 630 g/mol. The predicted octanol–water partition coefficient (Wildman–Crippen LogP) is -3.96. The molecule has 11 nitrogen and oxygen atoms in total. The molecule has 6 atom stereocenters. The van der Waals surface area contributed by atoms with Crippen LogP contribution in [-0.2, 0) is 28.5 Å². The van der Waals surface area contributed by atoms with Crippen molar-refractivity contribution in [3.8, 4) is 0 Å². The zero-order chi connectivity index (χ0) is 29.4. The number of aliphatic hydroxyl groups excluding tert-OH is 1. The molecule has 1 unspecified atom stereocenters. The molecule has 0 bridgehead atoms. The van der Waals surface area contributed by atoms with E-state index in [9.17, 15) is 24.6 Å². The molecule has 1 heterocycles. The van der Waals surface area contributed by atoms with Crippen LogP contribution in [0.3, 0.4) is 0 Å². The summed E-state index contributed by atoms with van der Waals surface area (Å²) in [6, 6.07) is -1.50. The number of methoxy groups -OCH3 is 1. The Hall–Kier alpha value is -1.23. The van der Waals surface area contributed by atoms with E-state index in [4.69, 9.17) is 18.9 Å². The summed E-state index contributed by atoms with van der Waals surface area (Å²) < 4.78 is 20.1. The first-order valence-electron chi connectivity index (χ1n) is 13.0. The number of alkyl carbamates (subject to hydrolysis) is 1. The summed E-state index contributed by atoms with van der Waals surface area (Å²) in [6.07, 6.45) is -1.35. The van der Waals surface area contributed by atoms with Crippen molar-refractivity contribution in [2.45, 2.75) is 92.5 Å². The van der Waals surface area contributed by atoms with Crippen LogP contribution >= 0.6 is 0 Å². The molecule has 13 heteroatoms. The number of nitrogens with zero attached hydrogens (tertiary/aromatic N) is 1. The van der Waals surface area contributed by atoms with Gasteiger partial charge in [-0.2, -0.15) is 0 Å². The number of rotatable bonds is 5. The molecule has 0 aromatic carbocycles. The first-order chi connectivity index (χ1) is 17.2. The molecule has 226 valence electrons. The molecule has 0 aromatic rings. The number of cyclic esters (lactones) is 1. The van der Waals surface area contributed by atoms with Gasteiger partial charge in [0.15, 0.2) is 6.04 Å². The Morgan fingerprint density at radius 3 is 2.05 bits per heavy atom. The van der Waals surface area contributed by atoms with Gasteiger partial charge in [0.1, 0.15) is 17.7 Å². The van der Waals surface area contributed by atoms with Gasteiger partial charge in [-0.05, 0) is 37.5 Å². The molecule has 0 radical (unpaired) electrons. The van der Waals surface area contributed by atoms with Crippen molar-refractivity contribution in [1.29, 1.82) is 0 Å². The number of amides is 1. The number of nitrogens with one attached hydrogen (secondary N) is 1. The SMILES string of the molecule is CC(C)(C)OC(=O)N[C@@H]1C(=O)OC[C@H]2[C@@H]1C2(C)C.COC(=O)C(N=C([O-])OC(C)(C)C)[C@@H]1[C@H](CO)C1(C)C.[I-].[Li+]. The Bertz CT molecular complexity index is 943. The maximum Gasteiger partial charge on any atom is 1.00 e. The van der Waals surface area contributed by atoms with Crippen molar-refractivity contribution in [3.63, 3.8) is 0 Å². The van der Waals surface area contributed by atoms with E-state index in [1.165, 1.54) is 7.11 Å². The van der Waals surface area contributed by atoms with Gasteiger partial charge in [0.05, 0.1) is 13.7 Å². The number of halogens is 1. The molecular formula is C27H45ILiN2O9-. The van der Waals surface area contributed by atoms with Crippen molar-refractivity contribution >= 4 is 24.1 Å². The van der Waals surface area contributed by atoms with Gasteiger partial charge in [0, 0.05) is 30.0 Å². The maximum atomic E-state index is 11.8. The summed E-state index contributed by atoms with van der Waals surface area (Å²) in [5, 5.41) is 23.7. The molecule has 1 saturated heterocycles. The van der Waals surface area contributed by atoms with Crippen LogP contribution in [0.1, 0.15) is 69.2 Å². The fraction of sp³-hybridized carbons (Fsp3) is 0.852. The number of hydrogen-bond acceptors (Lipinski definition) is 10. The van der Waals surface area contributed by atoms with Gasteiger partial charge in [0.2, 0.25) is 0 Å². The molecule has 2 aliphatic carbocycles. The average Bonchev–Trinajstić information content (AvgIpc) is 3.51. The number of carbonyl (C=O) groups is 3. The molecule has 2 N–H and O–H groups in total. The summed E-state index contributed by atoms with van der Waals surface area (Å²) in [6.45, 7) is 19.0. The number of fused-ring (bicyclic) bond motifs is 1. The monoisotopic (exact) mass is 675 g/mol. The van der Waals surface area contributed by atoms with Crippen LogP contribution in [0.15, 0.2) is 4.99 Å². The molecule has 2 saturated carbocycles. The second-order valence-electron chi connectivity index (χ2n) is 13.4. The minimum Gasteiger partial charge on any atom is -1.00 e. The van der Waals surface area contributed by atoms with E-state index < -0.39 is 41.4 Å². The van der Waals surface area contributed by atoms with E-state index in [2.05, 4.69) is 24.2 Å². The fourth-order valence-corrected chi connectivity index (χ4v) is 5.32. The van der Waals surface area contributed by atoms with Crippen LogP contribution in [0.2, 0.25) is 0 Å². The number of aliphatic imine (C=N–C) groups is 1. The number of ether oxygens (including phenoxy) is 4. The fourth-order valence-electron chi connectivity index (χ4n) is 5.32. The third kappa shape index (κ3) is 9.66. The Balaban J connectivity index is 0.000000727. The molecule has 3 fully saturated rings. The maximum absolute atomic E-state index is 11.8. The van der Waals surface area contributed by atoms with Crippen LogP contribution in [0.4, 0.5) is 4.79 Å². The van der Waals surface area contributed by atoms with Gasteiger partial charge in [-0.15, -0.1) is 0 Å². The molecule has 0 aromatic heterocycles. The average molecular weight is 676 g/mol. The standard InChI is InChI=1S/C14H25NO5.C13H21NO4.HI.Li/c1-13(2,3)20-12(18)15-10(11(17)19-6)9-8(7-16)14(9,4)5;1-12(2,3)18-11(16)14-9-8-7(13(8,4)5)6-17-10(9)15;;/h8-10,16H,7H2,1-6H3,(H,15,18);7-9H,6H2,1-5H3,(H,14,16);1H;/q;;;+1/p-2/t8-,9-,10?;7-,8-,9-;;/m00../s1. The molecule has 0 spiro atoms. The summed E-state index contributed by atoms with van der Waals surface area (Å²) in [5.41, 5.74) is -1.44. The Kier molecular flexibility index (Phi) is 13.4. The van der Waals surface area contributed by atoms with E-state index in [0.29, 0.717) is 12.5 Å². The second kappa shape index (κ2) is 13.8. The van der Waals surface area contributed by atoms with Crippen LogP contribution < -0.4 is 53.3 Å². The Labute approximate surface area is 267 Å². The van der Waals surface area contributed by atoms with Crippen LogP contribution in [0, 0.1) is 34.5 Å². The summed E-state index contributed by atoms with van der Waals surface area (Å²) in [7, 11) is 1.25. The van der Waals surface area contributed by atoms with Crippen molar-refractivity contribution in [2.75, 3.05) is 20.3 Å². The van der Waals surface area contributed by atoms with Crippen molar-refractivity contribution < 1.29 is 86.4 Å². The van der Waals surface area contributed by atoms with Crippen LogP contribution in [0.5, 0.6) is 0 Å². The van der Waals surface area contributed by atoms with Crippen LogP contribution in [0.25, 0.3) is 0 Å². The van der Waals surface area contributed by atoms with Gasteiger partial charge in [-0.25, -0.2) is 14.4 Å². The summed E-state index contributed by atoms with van der Waals surface area (Å²) >= 11 is 0. The number of hydrogen-bond donors (Lipinski definition) is 2. The molecule has 1 aliphatic heterocycles.